The van der Waals surface area contributed by atoms with E-state index in [-0.39, 0.29) is 12.3 Å². The minimum absolute atomic E-state index is 0.137. The van der Waals surface area contributed by atoms with Gasteiger partial charge in [0.2, 0.25) is 0 Å². The van der Waals surface area contributed by atoms with Crippen molar-refractivity contribution in [3.63, 3.8) is 0 Å². The van der Waals surface area contributed by atoms with E-state index in [2.05, 4.69) is 5.32 Å². The monoisotopic (exact) mass is 237 g/mol. The van der Waals surface area contributed by atoms with Crippen LogP contribution < -0.4 is 10.1 Å². The molecule has 1 aromatic rings. The first kappa shape index (κ1) is 12.4. The van der Waals surface area contributed by atoms with Gasteiger partial charge in [0.1, 0.15) is 18.6 Å². The number of methoxy groups -OCH3 is 1. The summed E-state index contributed by atoms with van der Waals surface area (Å²) >= 11 is 0. The molecule has 1 aliphatic rings. The Hall–Kier alpha value is -1.10. The van der Waals surface area contributed by atoms with Crippen LogP contribution in [0.2, 0.25) is 0 Å². The molecule has 1 aromatic carbocycles. The van der Waals surface area contributed by atoms with Gasteiger partial charge in [-0.05, 0) is 24.6 Å². The van der Waals surface area contributed by atoms with E-state index in [1.54, 1.807) is 7.11 Å². The van der Waals surface area contributed by atoms with Gasteiger partial charge in [0.15, 0.2) is 0 Å². The minimum atomic E-state index is 0.137. The number of rotatable bonds is 5. The van der Waals surface area contributed by atoms with Gasteiger partial charge in [-0.2, -0.15) is 0 Å². The second kappa shape index (κ2) is 6.00. The lowest BCUT2D eigenvalue weighted by Crippen LogP contribution is -2.17. The van der Waals surface area contributed by atoms with Crippen LogP contribution in [0.3, 0.4) is 0 Å². The molecular formula is C13H19NO3. The Kier molecular flexibility index (Phi) is 4.36. The summed E-state index contributed by atoms with van der Waals surface area (Å²) in [7, 11) is 1.66. The maximum atomic E-state index is 5.71. The minimum Gasteiger partial charge on any atom is -0.491 e. The van der Waals surface area contributed by atoms with Gasteiger partial charge in [0, 0.05) is 13.7 Å². The molecule has 0 spiro atoms. The highest BCUT2D eigenvalue weighted by Gasteiger charge is 2.22. The quantitative estimate of drug-likeness (QED) is 0.792. The van der Waals surface area contributed by atoms with Gasteiger partial charge < -0.3 is 14.2 Å². The molecule has 0 aromatic heterocycles. The molecule has 0 radical (unpaired) electrons. The molecule has 1 fully saturated rings. The summed E-state index contributed by atoms with van der Waals surface area (Å²) in [6.07, 6.45) is 0.288. The summed E-state index contributed by atoms with van der Waals surface area (Å²) in [4.78, 5) is 0. The first-order valence-corrected chi connectivity index (χ1v) is 5.90. The van der Waals surface area contributed by atoms with Gasteiger partial charge in [-0.25, -0.2) is 0 Å². The number of benzene rings is 1. The Morgan fingerprint density at radius 1 is 1.29 bits per heavy atom. The van der Waals surface area contributed by atoms with Crippen molar-refractivity contribution >= 4 is 0 Å². The van der Waals surface area contributed by atoms with Crippen LogP contribution in [0.4, 0.5) is 0 Å². The van der Waals surface area contributed by atoms with E-state index in [9.17, 15) is 0 Å². The zero-order chi connectivity index (χ0) is 12.1. The lowest BCUT2D eigenvalue weighted by atomic mass is 10.1. The van der Waals surface area contributed by atoms with E-state index in [4.69, 9.17) is 14.2 Å². The summed E-state index contributed by atoms with van der Waals surface area (Å²) < 4.78 is 16.1. The average Bonchev–Trinajstić information content (AvgIpc) is 2.77. The molecular weight excluding hydrogens is 218 g/mol. The van der Waals surface area contributed by atoms with E-state index in [1.165, 1.54) is 5.56 Å². The van der Waals surface area contributed by atoms with Crippen LogP contribution in [0.25, 0.3) is 0 Å². The van der Waals surface area contributed by atoms with Crippen LogP contribution in [0.1, 0.15) is 18.6 Å². The molecule has 2 rings (SSSR count). The van der Waals surface area contributed by atoms with Gasteiger partial charge in [-0.3, -0.25) is 5.32 Å². The average molecular weight is 237 g/mol. The molecule has 1 aliphatic heterocycles. The summed E-state index contributed by atoms with van der Waals surface area (Å²) in [5.74, 6) is 0.866. The Balaban J connectivity index is 1.89. The van der Waals surface area contributed by atoms with Crippen molar-refractivity contribution in [3.05, 3.63) is 29.8 Å². The number of nitrogens with one attached hydrogen (secondary N) is 1. The van der Waals surface area contributed by atoms with Crippen molar-refractivity contribution in [3.8, 4) is 5.75 Å². The van der Waals surface area contributed by atoms with E-state index in [0.717, 1.165) is 12.3 Å². The van der Waals surface area contributed by atoms with Gasteiger partial charge in [-0.15, -0.1) is 0 Å². The SMILES string of the molecule is COCCOc1ccc(C2CNC(C)O2)cc1. The molecule has 4 nitrogen and oxygen atoms in total. The summed E-state index contributed by atoms with van der Waals surface area (Å²) in [5, 5.41) is 3.25. The van der Waals surface area contributed by atoms with Gasteiger partial charge in [0.25, 0.3) is 0 Å². The fourth-order valence-electron chi connectivity index (χ4n) is 1.83. The summed E-state index contributed by atoms with van der Waals surface area (Å²) in [6, 6.07) is 8.04. The van der Waals surface area contributed by atoms with Crippen molar-refractivity contribution in [2.24, 2.45) is 0 Å². The van der Waals surface area contributed by atoms with Crippen LogP contribution >= 0.6 is 0 Å². The maximum Gasteiger partial charge on any atom is 0.119 e. The van der Waals surface area contributed by atoms with Crippen molar-refractivity contribution in [1.82, 2.24) is 5.32 Å². The molecule has 0 saturated carbocycles. The number of ether oxygens (including phenoxy) is 3. The van der Waals surface area contributed by atoms with Crippen LogP contribution in [0.5, 0.6) is 5.75 Å². The summed E-state index contributed by atoms with van der Waals surface area (Å²) in [6.45, 7) is 4.07. The fourth-order valence-corrected chi connectivity index (χ4v) is 1.83. The van der Waals surface area contributed by atoms with Crippen molar-refractivity contribution in [2.45, 2.75) is 19.3 Å². The molecule has 0 aliphatic carbocycles. The van der Waals surface area contributed by atoms with Crippen molar-refractivity contribution in [2.75, 3.05) is 26.9 Å². The topological polar surface area (TPSA) is 39.7 Å². The molecule has 0 bridgehead atoms. The zero-order valence-electron chi connectivity index (χ0n) is 10.3. The third-order valence-electron chi connectivity index (χ3n) is 2.77. The molecule has 1 N–H and O–H groups in total. The van der Waals surface area contributed by atoms with Crippen LogP contribution in [0, 0.1) is 0 Å². The summed E-state index contributed by atoms with van der Waals surface area (Å²) in [5.41, 5.74) is 1.18. The predicted octanol–water partition coefficient (Wildman–Crippen LogP) is 1.72. The zero-order valence-corrected chi connectivity index (χ0v) is 10.3. The molecule has 4 heteroatoms. The number of hydrogen-bond acceptors (Lipinski definition) is 4. The molecule has 1 saturated heterocycles. The Bertz CT molecular complexity index is 339. The third-order valence-corrected chi connectivity index (χ3v) is 2.77. The molecule has 2 atom stereocenters. The molecule has 17 heavy (non-hydrogen) atoms. The van der Waals surface area contributed by atoms with Crippen molar-refractivity contribution < 1.29 is 14.2 Å². The first-order valence-electron chi connectivity index (χ1n) is 5.90. The predicted molar refractivity (Wildman–Crippen MR) is 65.1 cm³/mol. The molecule has 1 heterocycles. The van der Waals surface area contributed by atoms with Crippen LogP contribution in [0.15, 0.2) is 24.3 Å². The van der Waals surface area contributed by atoms with Crippen LogP contribution in [-0.2, 0) is 9.47 Å². The molecule has 94 valence electrons. The Labute approximate surface area is 102 Å². The highest BCUT2D eigenvalue weighted by molar-refractivity contribution is 5.29. The Morgan fingerprint density at radius 2 is 2.06 bits per heavy atom. The molecule has 2 unspecified atom stereocenters. The standard InChI is InChI=1S/C13H19NO3/c1-10-14-9-13(17-10)11-3-5-12(6-4-11)16-8-7-15-2/h3-6,10,13-14H,7-9H2,1-2H3. The fraction of sp³-hybridized carbons (Fsp3) is 0.538. The van der Waals surface area contributed by atoms with Gasteiger partial charge >= 0.3 is 0 Å². The van der Waals surface area contributed by atoms with E-state index in [1.807, 2.05) is 31.2 Å². The first-order chi connectivity index (χ1) is 8.29. The van der Waals surface area contributed by atoms with E-state index < -0.39 is 0 Å². The smallest absolute Gasteiger partial charge is 0.119 e. The lowest BCUT2D eigenvalue weighted by molar-refractivity contribution is 0.0529. The van der Waals surface area contributed by atoms with Crippen molar-refractivity contribution in [1.29, 1.82) is 0 Å². The molecule has 0 amide bonds. The largest absolute Gasteiger partial charge is 0.491 e. The van der Waals surface area contributed by atoms with Gasteiger partial charge in [0.05, 0.1) is 12.7 Å². The second-order valence-corrected chi connectivity index (χ2v) is 4.09. The highest BCUT2D eigenvalue weighted by atomic mass is 16.5. The lowest BCUT2D eigenvalue weighted by Gasteiger charge is -2.11. The number of hydrogen-bond donors (Lipinski definition) is 1. The highest BCUT2D eigenvalue weighted by Crippen LogP contribution is 2.24. The van der Waals surface area contributed by atoms with E-state index in [0.29, 0.717) is 13.2 Å². The second-order valence-electron chi connectivity index (χ2n) is 4.09. The normalized spacial score (nSPS) is 23.9. The Morgan fingerprint density at radius 3 is 2.65 bits per heavy atom. The van der Waals surface area contributed by atoms with Gasteiger partial charge in [-0.1, -0.05) is 12.1 Å². The maximum absolute atomic E-state index is 5.71. The van der Waals surface area contributed by atoms with Crippen LogP contribution in [-0.4, -0.2) is 33.1 Å². The van der Waals surface area contributed by atoms with E-state index >= 15 is 0 Å². The third kappa shape index (κ3) is 3.43.